The molecule has 0 spiro atoms. The molecule has 0 bridgehead atoms. The van der Waals surface area contributed by atoms with Crippen LogP contribution in [-0.4, -0.2) is 26.2 Å². The van der Waals surface area contributed by atoms with E-state index in [1.54, 1.807) is 0 Å². The second-order valence-corrected chi connectivity index (χ2v) is 6.13. The summed E-state index contributed by atoms with van der Waals surface area (Å²) in [5.74, 6) is 0. The number of hydrogen-bond donors (Lipinski definition) is 1. The monoisotopic (exact) mass is 294 g/mol. The van der Waals surface area contributed by atoms with Gasteiger partial charge in [-0.25, -0.2) is 0 Å². The molecule has 0 saturated carbocycles. The SMILES string of the molecule is C/C=C1\[Se]C(=NCCCC)Nc2ccccc21. The Bertz CT molecular complexity index is 449. The number of amidine groups is 1. The van der Waals surface area contributed by atoms with Gasteiger partial charge in [0, 0.05) is 0 Å². The summed E-state index contributed by atoms with van der Waals surface area (Å²) in [5.41, 5.74) is 2.54. The molecule has 1 aliphatic rings. The van der Waals surface area contributed by atoms with E-state index in [2.05, 4.69) is 54.5 Å². The van der Waals surface area contributed by atoms with Crippen molar-refractivity contribution in [3.05, 3.63) is 35.9 Å². The van der Waals surface area contributed by atoms with Crippen molar-refractivity contribution < 1.29 is 0 Å². The number of aliphatic imine (C=N–C) groups is 1. The molecule has 1 aliphatic heterocycles. The Balaban J connectivity index is 2.22. The van der Waals surface area contributed by atoms with Crippen molar-refractivity contribution in [2.75, 3.05) is 11.9 Å². The van der Waals surface area contributed by atoms with Crippen LogP contribution in [0, 0.1) is 0 Å². The molecule has 17 heavy (non-hydrogen) atoms. The summed E-state index contributed by atoms with van der Waals surface area (Å²) in [6, 6.07) is 8.48. The third-order valence-electron chi connectivity index (χ3n) is 2.67. The quantitative estimate of drug-likeness (QED) is 0.671. The van der Waals surface area contributed by atoms with Crippen LogP contribution in [0.2, 0.25) is 0 Å². The fourth-order valence-corrected chi connectivity index (χ4v) is 3.68. The molecule has 3 heteroatoms. The van der Waals surface area contributed by atoms with Crippen molar-refractivity contribution in [2.24, 2.45) is 4.99 Å². The molecule has 0 aromatic heterocycles. The van der Waals surface area contributed by atoms with Gasteiger partial charge in [0.2, 0.25) is 0 Å². The molecule has 0 amide bonds. The van der Waals surface area contributed by atoms with E-state index in [9.17, 15) is 0 Å². The van der Waals surface area contributed by atoms with E-state index in [-0.39, 0.29) is 0 Å². The van der Waals surface area contributed by atoms with Crippen molar-refractivity contribution in [3.8, 4) is 0 Å². The van der Waals surface area contributed by atoms with E-state index in [1.807, 2.05) is 0 Å². The molecule has 1 heterocycles. The van der Waals surface area contributed by atoms with Gasteiger partial charge < -0.3 is 0 Å². The summed E-state index contributed by atoms with van der Waals surface area (Å²) in [6.45, 7) is 5.26. The minimum atomic E-state index is 0.330. The van der Waals surface area contributed by atoms with Gasteiger partial charge >= 0.3 is 109 Å². The second kappa shape index (κ2) is 6.04. The van der Waals surface area contributed by atoms with E-state index < -0.39 is 0 Å². The third-order valence-corrected chi connectivity index (χ3v) is 4.98. The minimum absolute atomic E-state index is 0.330. The molecule has 2 rings (SSSR count). The van der Waals surface area contributed by atoms with Crippen LogP contribution in [0.25, 0.3) is 4.47 Å². The van der Waals surface area contributed by atoms with Gasteiger partial charge in [0.25, 0.3) is 0 Å². The molecule has 90 valence electrons. The van der Waals surface area contributed by atoms with Gasteiger partial charge in [-0.15, -0.1) is 0 Å². The number of anilines is 1. The summed E-state index contributed by atoms with van der Waals surface area (Å²) in [7, 11) is 0. The maximum absolute atomic E-state index is 4.66. The number of hydrogen-bond acceptors (Lipinski definition) is 1. The average molecular weight is 293 g/mol. The number of unbranched alkanes of at least 4 members (excludes halogenated alkanes) is 1. The number of fused-ring (bicyclic) bond motifs is 1. The number of benzene rings is 1. The van der Waals surface area contributed by atoms with Gasteiger partial charge in [-0.3, -0.25) is 0 Å². The Labute approximate surface area is 109 Å². The zero-order chi connectivity index (χ0) is 12.1. The fourth-order valence-electron chi connectivity index (χ4n) is 1.73. The van der Waals surface area contributed by atoms with E-state index in [0.717, 1.165) is 11.3 Å². The second-order valence-electron chi connectivity index (χ2n) is 3.97. The predicted molar refractivity (Wildman–Crippen MR) is 76.7 cm³/mol. The van der Waals surface area contributed by atoms with Crippen LogP contribution in [0.15, 0.2) is 35.3 Å². The topological polar surface area (TPSA) is 24.4 Å². The van der Waals surface area contributed by atoms with Crippen LogP contribution >= 0.6 is 0 Å². The molecule has 0 fully saturated rings. The normalized spacial score (nSPS) is 19.2. The van der Waals surface area contributed by atoms with Gasteiger partial charge in [0.1, 0.15) is 0 Å². The van der Waals surface area contributed by atoms with Crippen molar-refractivity contribution in [2.45, 2.75) is 26.7 Å². The number of nitrogens with zero attached hydrogens (tertiary/aromatic N) is 1. The maximum atomic E-state index is 4.66. The third kappa shape index (κ3) is 2.99. The van der Waals surface area contributed by atoms with Crippen LogP contribution in [0.3, 0.4) is 0 Å². The number of allylic oxidation sites excluding steroid dienone is 1. The predicted octanol–water partition coefficient (Wildman–Crippen LogP) is 3.33. The molecule has 0 atom stereocenters. The van der Waals surface area contributed by atoms with Crippen LogP contribution in [0.1, 0.15) is 32.3 Å². The van der Waals surface area contributed by atoms with Gasteiger partial charge in [-0.05, 0) is 0 Å². The van der Waals surface area contributed by atoms with Crippen LogP contribution in [0.5, 0.6) is 0 Å². The summed E-state index contributed by atoms with van der Waals surface area (Å²) < 4.78 is 2.60. The summed E-state index contributed by atoms with van der Waals surface area (Å²) >= 11 is 0.330. The van der Waals surface area contributed by atoms with Gasteiger partial charge in [-0.1, -0.05) is 0 Å². The zero-order valence-electron chi connectivity index (χ0n) is 10.4. The summed E-state index contributed by atoms with van der Waals surface area (Å²) in [6.07, 6.45) is 4.60. The number of para-hydroxylation sites is 1. The first-order valence-corrected chi connectivity index (χ1v) is 7.81. The molecule has 0 unspecified atom stereocenters. The molecule has 1 N–H and O–H groups in total. The molecule has 0 radical (unpaired) electrons. The Hall–Kier alpha value is -1.05. The average Bonchev–Trinajstić information content (AvgIpc) is 2.38. The first-order chi connectivity index (χ1) is 8.35. The van der Waals surface area contributed by atoms with Gasteiger partial charge in [0.15, 0.2) is 0 Å². The van der Waals surface area contributed by atoms with Gasteiger partial charge in [0.05, 0.1) is 0 Å². The van der Waals surface area contributed by atoms with Crippen molar-refractivity contribution in [3.63, 3.8) is 0 Å². The standard InChI is InChI=1S/C14H18N2Se/c1-3-5-10-15-14-16-12-9-7-6-8-11(12)13(4-2)17-14/h4,6-9H,3,5,10H2,1-2H3,(H,15,16)/b13-4-. The Morgan fingerprint density at radius 1 is 1.35 bits per heavy atom. The van der Waals surface area contributed by atoms with Crippen LogP contribution < -0.4 is 5.32 Å². The van der Waals surface area contributed by atoms with Crippen molar-refractivity contribution in [1.82, 2.24) is 0 Å². The molecule has 0 aliphatic carbocycles. The Kier molecular flexibility index (Phi) is 4.41. The number of nitrogens with one attached hydrogen (secondary N) is 1. The Morgan fingerprint density at radius 3 is 2.94 bits per heavy atom. The molecule has 2 nitrogen and oxygen atoms in total. The first kappa shape index (κ1) is 12.4. The van der Waals surface area contributed by atoms with Crippen LogP contribution in [0.4, 0.5) is 5.69 Å². The van der Waals surface area contributed by atoms with E-state index in [0.29, 0.717) is 15.0 Å². The fraction of sp³-hybridized carbons (Fsp3) is 0.357. The first-order valence-electron chi connectivity index (χ1n) is 6.10. The van der Waals surface area contributed by atoms with E-state index in [1.165, 1.54) is 28.6 Å². The van der Waals surface area contributed by atoms with Crippen molar-refractivity contribution in [1.29, 1.82) is 0 Å². The molecule has 1 aromatic rings. The summed E-state index contributed by atoms with van der Waals surface area (Å²) in [4.78, 5) is 4.66. The summed E-state index contributed by atoms with van der Waals surface area (Å²) in [5, 5.41) is 3.46. The molecular weight excluding hydrogens is 275 g/mol. The van der Waals surface area contributed by atoms with Gasteiger partial charge in [-0.2, -0.15) is 0 Å². The van der Waals surface area contributed by atoms with E-state index >= 15 is 0 Å². The van der Waals surface area contributed by atoms with E-state index in [4.69, 9.17) is 0 Å². The molecular formula is C14H18N2Se. The molecule has 1 aromatic carbocycles. The van der Waals surface area contributed by atoms with Crippen LogP contribution in [-0.2, 0) is 0 Å². The Morgan fingerprint density at radius 2 is 2.18 bits per heavy atom. The number of rotatable bonds is 3. The zero-order valence-corrected chi connectivity index (χ0v) is 12.1. The molecule has 0 saturated heterocycles. The van der Waals surface area contributed by atoms with Crippen molar-refractivity contribution >= 4 is 29.8 Å².